The third kappa shape index (κ3) is 3.29. The summed E-state index contributed by atoms with van der Waals surface area (Å²) in [6.45, 7) is 2.16. The van der Waals surface area contributed by atoms with E-state index in [1.165, 1.54) is 4.68 Å². The second kappa shape index (κ2) is 6.44. The average molecular weight is 405 g/mol. The van der Waals surface area contributed by atoms with Gasteiger partial charge in [-0.05, 0) is 37.3 Å². The zero-order valence-electron chi connectivity index (χ0n) is 14.2. The first-order valence-electron chi connectivity index (χ1n) is 8.71. The summed E-state index contributed by atoms with van der Waals surface area (Å²) in [7, 11) is 1.68. The zero-order valence-corrected chi connectivity index (χ0v) is 15.8. The van der Waals surface area contributed by atoms with Crippen LogP contribution in [0.2, 0.25) is 0 Å². The van der Waals surface area contributed by atoms with Crippen molar-refractivity contribution >= 4 is 21.8 Å². The van der Waals surface area contributed by atoms with Crippen LogP contribution in [-0.4, -0.2) is 38.2 Å². The molecule has 132 valence electrons. The summed E-state index contributed by atoms with van der Waals surface area (Å²) < 4.78 is 4.13. The maximum atomic E-state index is 12.5. The van der Waals surface area contributed by atoms with Crippen LogP contribution in [0.5, 0.6) is 0 Å². The van der Waals surface area contributed by atoms with Crippen molar-refractivity contribution in [1.29, 1.82) is 0 Å². The van der Waals surface area contributed by atoms with Crippen LogP contribution in [0.3, 0.4) is 0 Å². The van der Waals surface area contributed by atoms with Gasteiger partial charge in [-0.2, -0.15) is 0 Å². The highest BCUT2D eigenvalue weighted by molar-refractivity contribution is 9.10. The number of aryl methyl sites for hydroxylation is 1. The Morgan fingerprint density at radius 2 is 1.96 bits per heavy atom. The summed E-state index contributed by atoms with van der Waals surface area (Å²) >= 11 is 3.43. The monoisotopic (exact) mass is 404 g/mol. The van der Waals surface area contributed by atoms with Gasteiger partial charge in [0.2, 0.25) is 5.91 Å². The molecule has 0 radical (unpaired) electrons. The lowest BCUT2D eigenvalue weighted by Gasteiger charge is -2.16. The topological polar surface area (TPSA) is 60.1 Å². The number of rotatable bonds is 4. The Balaban J connectivity index is 1.55. The molecule has 0 bridgehead atoms. The van der Waals surface area contributed by atoms with Gasteiger partial charge in [0.05, 0.1) is 0 Å². The van der Waals surface area contributed by atoms with Crippen LogP contribution in [0, 0.1) is 11.8 Å². The molecule has 2 aliphatic rings. The molecule has 4 rings (SSSR count). The van der Waals surface area contributed by atoms with Gasteiger partial charge in [-0.1, -0.05) is 28.1 Å². The van der Waals surface area contributed by atoms with Crippen molar-refractivity contribution in [2.75, 3.05) is 13.1 Å². The molecule has 1 aliphatic heterocycles. The third-order valence-corrected chi connectivity index (χ3v) is 5.60. The highest BCUT2D eigenvalue weighted by Gasteiger charge is 2.36. The summed E-state index contributed by atoms with van der Waals surface area (Å²) in [5.41, 5.74) is 0.815. The molecule has 0 unspecified atom stereocenters. The molecule has 1 saturated heterocycles. The van der Waals surface area contributed by atoms with Gasteiger partial charge in [0.1, 0.15) is 0 Å². The van der Waals surface area contributed by atoms with Crippen LogP contribution in [-0.2, 0) is 18.4 Å². The zero-order chi connectivity index (χ0) is 17.6. The highest BCUT2D eigenvalue weighted by Crippen LogP contribution is 2.33. The smallest absolute Gasteiger partial charge is 0.342 e. The van der Waals surface area contributed by atoms with Gasteiger partial charge < -0.3 is 4.90 Å². The van der Waals surface area contributed by atoms with Crippen LogP contribution < -0.4 is 5.69 Å². The fraction of sp³-hybridized carbons (Fsp3) is 0.500. The maximum Gasteiger partial charge on any atom is 0.345 e. The number of likely N-dealkylation sites (tertiary alicyclic amines) is 1. The molecular weight excluding hydrogens is 384 g/mol. The summed E-state index contributed by atoms with van der Waals surface area (Å²) in [4.78, 5) is 26.7. The van der Waals surface area contributed by atoms with E-state index < -0.39 is 0 Å². The number of carbonyl (C=O) groups excluding carboxylic acids is 1. The normalized spacial score (nSPS) is 20.2. The lowest BCUT2D eigenvalue weighted by Crippen LogP contribution is -2.31. The first-order chi connectivity index (χ1) is 12.0. The van der Waals surface area contributed by atoms with Crippen molar-refractivity contribution in [2.45, 2.75) is 25.8 Å². The Morgan fingerprint density at radius 1 is 1.24 bits per heavy atom. The molecule has 7 heteroatoms. The number of hydrogen-bond donors (Lipinski definition) is 0. The molecule has 1 aromatic heterocycles. The molecular formula is C18H21BrN4O2. The van der Waals surface area contributed by atoms with E-state index in [1.54, 1.807) is 11.6 Å². The van der Waals surface area contributed by atoms with Gasteiger partial charge in [-0.3, -0.25) is 9.36 Å². The van der Waals surface area contributed by atoms with Crippen molar-refractivity contribution in [3.05, 3.63) is 39.2 Å². The van der Waals surface area contributed by atoms with Crippen LogP contribution >= 0.6 is 15.9 Å². The van der Waals surface area contributed by atoms with Gasteiger partial charge in [-0.25, -0.2) is 9.48 Å². The number of carbonyl (C=O) groups is 1. The minimum Gasteiger partial charge on any atom is -0.342 e. The standard InChI is InChI=1S/C18H21BrN4O2/c1-21-18(25)23(16(20-21)13-4-6-15(19)7-5-13)11-12-8-9-22(10-12)17(24)14-2-3-14/h4-7,12,14H,2-3,8-11H2,1H3/t12-/m1/s1. The van der Waals surface area contributed by atoms with E-state index in [1.807, 2.05) is 29.2 Å². The Labute approximate surface area is 154 Å². The van der Waals surface area contributed by atoms with E-state index in [2.05, 4.69) is 21.0 Å². The lowest BCUT2D eigenvalue weighted by molar-refractivity contribution is -0.131. The van der Waals surface area contributed by atoms with Gasteiger partial charge in [0, 0.05) is 42.6 Å². The summed E-state index contributed by atoms with van der Waals surface area (Å²) in [5.74, 6) is 1.55. The van der Waals surface area contributed by atoms with Crippen molar-refractivity contribution in [3.63, 3.8) is 0 Å². The van der Waals surface area contributed by atoms with Crippen LogP contribution in [0.1, 0.15) is 19.3 Å². The van der Waals surface area contributed by atoms with Crippen LogP contribution in [0.4, 0.5) is 0 Å². The molecule has 2 fully saturated rings. The van der Waals surface area contributed by atoms with E-state index in [9.17, 15) is 9.59 Å². The number of nitrogens with zero attached hydrogens (tertiary/aromatic N) is 4. The molecule has 1 atom stereocenters. The second-order valence-corrected chi connectivity index (χ2v) is 7.98. The Hall–Kier alpha value is -1.89. The van der Waals surface area contributed by atoms with Gasteiger partial charge in [-0.15, -0.1) is 5.10 Å². The van der Waals surface area contributed by atoms with Crippen molar-refractivity contribution in [1.82, 2.24) is 19.2 Å². The quantitative estimate of drug-likeness (QED) is 0.784. The number of halogens is 1. The van der Waals surface area contributed by atoms with Crippen molar-refractivity contribution in [3.8, 4) is 11.4 Å². The van der Waals surface area contributed by atoms with E-state index in [4.69, 9.17) is 0 Å². The molecule has 2 aromatic rings. The van der Waals surface area contributed by atoms with Gasteiger partial charge >= 0.3 is 5.69 Å². The minimum atomic E-state index is -0.107. The SMILES string of the molecule is Cn1nc(-c2ccc(Br)cc2)n(C[C@@H]2CCN(C(=O)C3CC3)C2)c1=O. The molecule has 2 heterocycles. The molecule has 1 aliphatic carbocycles. The molecule has 25 heavy (non-hydrogen) atoms. The van der Waals surface area contributed by atoms with Crippen LogP contribution in [0.25, 0.3) is 11.4 Å². The molecule has 1 aromatic carbocycles. The predicted molar refractivity (Wildman–Crippen MR) is 98.0 cm³/mol. The van der Waals surface area contributed by atoms with E-state index in [0.717, 1.165) is 42.4 Å². The molecule has 0 N–H and O–H groups in total. The molecule has 6 nitrogen and oxygen atoms in total. The molecule has 0 spiro atoms. The van der Waals surface area contributed by atoms with Crippen LogP contribution in [0.15, 0.2) is 33.5 Å². The number of hydrogen-bond acceptors (Lipinski definition) is 3. The largest absolute Gasteiger partial charge is 0.345 e. The third-order valence-electron chi connectivity index (χ3n) is 5.08. The summed E-state index contributed by atoms with van der Waals surface area (Å²) in [5, 5.41) is 4.42. The van der Waals surface area contributed by atoms with Gasteiger partial charge in [0.15, 0.2) is 5.82 Å². The fourth-order valence-electron chi connectivity index (χ4n) is 3.51. The highest BCUT2D eigenvalue weighted by atomic mass is 79.9. The molecule has 1 saturated carbocycles. The lowest BCUT2D eigenvalue weighted by atomic mass is 10.1. The molecule has 1 amide bonds. The van der Waals surface area contributed by atoms with Crippen molar-refractivity contribution in [2.24, 2.45) is 18.9 Å². The fourth-order valence-corrected chi connectivity index (χ4v) is 3.77. The number of amides is 1. The van der Waals surface area contributed by atoms with E-state index >= 15 is 0 Å². The summed E-state index contributed by atoms with van der Waals surface area (Å²) in [6, 6.07) is 7.81. The maximum absolute atomic E-state index is 12.5. The second-order valence-electron chi connectivity index (χ2n) is 7.06. The minimum absolute atomic E-state index is 0.107. The summed E-state index contributed by atoms with van der Waals surface area (Å²) in [6.07, 6.45) is 3.02. The Kier molecular flexibility index (Phi) is 4.27. The van der Waals surface area contributed by atoms with E-state index in [-0.39, 0.29) is 11.6 Å². The number of aromatic nitrogens is 3. The Bertz CT molecular complexity index is 851. The average Bonchev–Trinajstić information content (AvgIpc) is 3.29. The van der Waals surface area contributed by atoms with Gasteiger partial charge in [0.25, 0.3) is 0 Å². The number of benzene rings is 1. The first-order valence-corrected chi connectivity index (χ1v) is 9.51. The Morgan fingerprint density at radius 3 is 2.64 bits per heavy atom. The first kappa shape index (κ1) is 16.6. The predicted octanol–water partition coefficient (Wildman–Crippen LogP) is 2.27. The van der Waals surface area contributed by atoms with Crippen molar-refractivity contribution < 1.29 is 4.79 Å². The van der Waals surface area contributed by atoms with E-state index in [0.29, 0.717) is 24.2 Å².